The average Bonchev–Trinajstić information content (AvgIpc) is 2.27. The van der Waals surface area contributed by atoms with Crippen LogP contribution in [0.15, 0.2) is 0 Å². The van der Waals surface area contributed by atoms with Crippen molar-refractivity contribution in [3.63, 3.8) is 0 Å². The molecule has 6 nitrogen and oxygen atoms in total. The summed E-state index contributed by atoms with van der Waals surface area (Å²) in [6.45, 7) is 3.94. The minimum absolute atomic E-state index is 0.0226. The Labute approximate surface area is 102 Å². The van der Waals surface area contributed by atoms with Crippen molar-refractivity contribution in [2.45, 2.75) is 25.4 Å². The summed E-state index contributed by atoms with van der Waals surface area (Å²) in [5.41, 5.74) is 0. The normalized spacial score (nSPS) is 23.1. The fraction of sp³-hybridized carbons (Fsp3) is 0.818. The second-order valence-electron chi connectivity index (χ2n) is 4.64. The van der Waals surface area contributed by atoms with Crippen molar-refractivity contribution in [2.24, 2.45) is 0 Å². The molecule has 98 valence electrons. The van der Waals surface area contributed by atoms with Crippen molar-refractivity contribution in [1.82, 2.24) is 15.1 Å². The number of carboxylic acid groups (broad SMARTS) is 1. The molecule has 1 fully saturated rings. The van der Waals surface area contributed by atoms with E-state index in [0.717, 1.165) is 6.54 Å². The first-order valence-electron chi connectivity index (χ1n) is 5.83. The molecule has 1 heterocycles. The van der Waals surface area contributed by atoms with Gasteiger partial charge in [0.05, 0.1) is 6.42 Å². The molecule has 6 heteroatoms. The molecule has 17 heavy (non-hydrogen) atoms. The van der Waals surface area contributed by atoms with Crippen LogP contribution in [0.2, 0.25) is 0 Å². The van der Waals surface area contributed by atoms with Gasteiger partial charge in [0.1, 0.15) is 6.04 Å². The summed E-state index contributed by atoms with van der Waals surface area (Å²) in [5, 5.41) is 12.0. The number of aliphatic carboxylic acids is 1. The number of piperazine rings is 1. The number of hydrogen-bond donors (Lipinski definition) is 2. The maximum atomic E-state index is 12.0. The number of likely N-dealkylation sites (N-methyl/N-ethyl adjacent to an activating group) is 1. The number of amides is 1. The Morgan fingerprint density at radius 2 is 2.18 bits per heavy atom. The molecule has 0 spiro atoms. The van der Waals surface area contributed by atoms with Crippen LogP contribution in [0.5, 0.6) is 0 Å². The van der Waals surface area contributed by atoms with Gasteiger partial charge >= 0.3 is 5.97 Å². The molecular formula is C11H21N3O3. The first kappa shape index (κ1) is 13.9. The highest BCUT2D eigenvalue weighted by Crippen LogP contribution is 2.13. The number of nitrogens with zero attached hydrogens (tertiary/aromatic N) is 2. The molecule has 2 N–H and O–H groups in total. The topological polar surface area (TPSA) is 72.9 Å². The monoisotopic (exact) mass is 243 g/mol. The summed E-state index contributed by atoms with van der Waals surface area (Å²) in [6.07, 6.45) is 0.0667. The van der Waals surface area contributed by atoms with Gasteiger partial charge in [-0.05, 0) is 6.92 Å². The summed E-state index contributed by atoms with van der Waals surface area (Å²) >= 11 is 0. The summed E-state index contributed by atoms with van der Waals surface area (Å²) in [6, 6.07) is -0.378. The SMILES string of the molecule is CC(CC(=O)O)N1CCNCC1C(=O)N(C)C. The Bertz CT molecular complexity index is 294. The molecule has 1 aliphatic heterocycles. The lowest BCUT2D eigenvalue weighted by molar-refractivity contribution is -0.142. The first-order chi connectivity index (χ1) is 7.93. The van der Waals surface area contributed by atoms with Gasteiger partial charge in [0.2, 0.25) is 5.91 Å². The third-order valence-electron chi connectivity index (χ3n) is 3.05. The zero-order chi connectivity index (χ0) is 13.0. The van der Waals surface area contributed by atoms with Crippen LogP contribution >= 0.6 is 0 Å². The molecule has 1 saturated heterocycles. The second-order valence-corrected chi connectivity index (χ2v) is 4.64. The van der Waals surface area contributed by atoms with Crippen molar-refractivity contribution in [2.75, 3.05) is 33.7 Å². The van der Waals surface area contributed by atoms with E-state index < -0.39 is 5.97 Å². The molecule has 0 aromatic rings. The molecule has 1 rings (SSSR count). The van der Waals surface area contributed by atoms with Crippen LogP contribution in [0, 0.1) is 0 Å². The Kier molecular flexibility index (Phi) is 4.89. The van der Waals surface area contributed by atoms with Crippen molar-refractivity contribution in [3.8, 4) is 0 Å². The fourth-order valence-electron chi connectivity index (χ4n) is 2.14. The van der Waals surface area contributed by atoms with E-state index in [9.17, 15) is 9.59 Å². The number of carbonyl (C=O) groups is 2. The zero-order valence-electron chi connectivity index (χ0n) is 10.6. The van der Waals surface area contributed by atoms with Crippen molar-refractivity contribution in [1.29, 1.82) is 0 Å². The molecule has 0 aromatic carbocycles. The summed E-state index contributed by atoms with van der Waals surface area (Å²) < 4.78 is 0. The molecule has 0 aliphatic carbocycles. The van der Waals surface area contributed by atoms with E-state index in [1.165, 1.54) is 0 Å². The minimum atomic E-state index is -0.827. The number of rotatable bonds is 4. The van der Waals surface area contributed by atoms with Crippen LogP contribution in [0.1, 0.15) is 13.3 Å². The van der Waals surface area contributed by atoms with Crippen molar-refractivity contribution < 1.29 is 14.7 Å². The molecular weight excluding hydrogens is 222 g/mol. The Morgan fingerprint density at radius 3 is 2.71 bits per heavy atom. The lowest BCUT2D eigenvalue weighted by atomic mass is 10.1. The van der Waals surface area contributed by atoms with Gasteiger partial charge in [-0.15, -0.1) is 0 Å². The number of hydrogen-bond acceptors (Lipinski definition) is 4. The van der Waals surface area contributed by atoms with E-state index in [-0.39, 0.29) is 24.4 Å². The predicted octanol–water partition coefficient (Wildman–Crippen LogP) is -0.788. The molecule has 2 unspecified atom stereocenters. The van der Waals surface area contributed by atoms with Gasteiger partial charge in [-0.1, -0.05) is 0 Å². The van der Waals surface area contributed by atoms with E-state index in [1.807, 2.05) is 11.8 Å². The van der Waals surface area contributed by atoms with Crippen LogP contribution in [0.4, 0.5) is 0 Å². The van der Waals surface area contributed by atoms with Crippen molar-refractivity contribution in [3.05, 3.63) is 0 Å². The smallest absolute Gasteiger partial charge is 0.304 e. The van der Waals surface area contributed by atoms with Gasteiger partial charge < -0.3 is 15.3 Å². The first-order valence-corrected chi connectivity index (χ1v) is 5.83. The van der Waals surface area contributed by atoms with Crippen LogP contribution in [-0.4, -0.2) is 72.6 Å². The highest BCUT2D eigenvalue weighted by molar-refractivity contribution is 5.82. The van der Waals surface area contributed by atoms with E-state index in [4.69, 9.17) is 5.11 Å². The lowest BCUT2D eigenvalue weighted by Crippen LogP contribution is -2.60. The van der Waals surface area contributed by atoms with Gasteiger partial charge in [-0.25, -0.2) is 0 Å². The molecule has 1 aliphatic rings. The summed E-state index contributed by atoms with van der Waals surface area (Å²) in [5.74, 6) is -0.804. The van der Waals surface area contributed by atoms with Gasteiger partial charge in [0, 0.05) is 39.8 Å². The van der Waals surface area contributed by atoms with E-state index >= 15 is 0 Å². The van der Waals surface area contributed by atoms with Crippen LogP contribution in [0.3, 0.4) is 0 Å². The van der Waals surface area contributed by atoms with Gasteiger partial charge in [-0.3, -0.25) is 14.5 Å². The number of carbonyl (C=O) groups excluding carboxylic acids is 1. The minimum Gasteiger partial charge on any atom is -0.481 e. The van der Waals surface area contributed by atoms with Gasteiger partial charge in [-0.2, -0.15) is 0 Å². The maximum absolute atomic E-state index is 12.0. The number of carboxylic acids is 1. The Morgan fingerprint density at radius 1 is 1.53 bits per heavy atom. The van der Waals surface area contributed by atoms with Gasteiger partial charge in [0.15, 0.2) is 0 Å². The molecule has 1 amide bonds. The molecule has 0 aromatic heterocycles. The second kappa shape index (κ2) is 5.97. The van der Waals surface area contributed by atoms with E-state index in [1.54, 1.807) is 19.0 Å². The Hall–Kier alpha value is -1.14. The standard InChI is InChI=1S/C11H21N3O3/c1-8(6-10(15)16)14-5-4-12-7-9(14)11(17)13(2)3/h8-9,12H,4-7H2,1-3H3,(H,15,16). The molecule has 0 saturated carbocycles. The summed E-state index contributed by atoms with van der Waals surface area (Å²) in [4.78, 5) is 26.3. The highest BCUT2D eigenvalue weighted by Gasteiger charge is 2.33. The lowest BCUT2D eigenvalue weighted by Gasteiger charge is -2.39. The molecule has 0 bridgehead atoms. The molecule has 0 radical (unpaired) electrons. The fourth-order valence-corrected chi connectivity index (χ4v) is 2.14. The average molecular weight is 243 g/mol. The quantitative estimate of drug-likeness (QED) is 0.677. The Balaban J connectivity index is 2.71. The zero-order valence-corrected chi connectivity index (χ0v) is 10.6. The third kappa shape index (κ3) is 3.67. The van der Waals surface area contributed by atoms with E-state index in [0.29, 0.717) is 13.1 Å². The van der Waals surface area contributed by atoms with E-state index in [2.05, 4.69) is 5.32 Å². The third-order valence-corrected chi connectivity index (χ3v) is 3.05. The van der Waals surface area contributed by atoms with Crippen molar-refractivity contribution >= 4 is 11.9 Å². The van der Waals surface area contributed by atoms with Crippen LogP contribution < -0.4 is 5.32 Å². The largest absolute Gasteiger partial charge is 0.481 e. The summed E-state index contributed by atoms with van der Waals surface area (Å²) in [7, 11) is 3.44. The predicted molar refractivity (Wildman–Crippen MR) is 63.8 cm³/mol. The van der Waals surface area contributed by atoms with Crippen LogP contribution in [-0.2, 0) is 9.59 Å². The maximum Gasteiger partial charge on any atom is 0.304 e. The highest BCUT2D eigenvalue weighted by atomic mass is 16.4. The number of nitrogens with one attached hydrogen (secondary N) is 1. The van der Waals surface area contributed by atoms with Gasteiger partial charge in [0.25, 0.3) is 0 Å². The molecule has 2 atom stereocenters. The van der Waals surface area contributed by atoms with Crippen LogP contribution in [0.25, 0.3) is 0 Å².